The number of hydrogen-bond acceptors (Lipinski definition) is 2. The van der Waals surface area contributed by atoms with Crippen molar-refractivity contribution in [3.8, 4) is 0 Å². The molecule has 0 heterocycles. The molecule has 5 heteroatoms. The summed E-state index contributed by atoms with van der Waals surface area (Å²) in [5.74, 6) is -2.08. The van der Waals surface area contributed by atoms with Crippen molar-refractivity contribution in [2.45, 2.75) is 13.8 Å². The van der Waals surface area contributed by atoms with Crippen LogP contribution in [0.15, 0.2) is 12.1 Å². The fourth-order valence-electron chi connectivity index (χ4n) is 1.28. The summed E-state index contributed by atoms with van der Waals surface area (Å²) in [7, 11) is 0. The number of carbonyl (C=O) groups is 2. The molecule has 0 aliphatic carbocycles. The van der Waals surface area contributed by atoms with Crippen LogP contribution >= 0.6 is 12.4 Å². The molecule has 1 aromatic carbocycles. The second-order valence-electron chi connectivity index (χ2n) is 3.09. The Kier molecular flexibility index (Phi) is 4.30. The van der Waals surface area contributed by atoms with E-state index in [1.165, 1.54) is 12.1 Å². The molecule has 82 valence electrons. The van der Waals surface area contributed by atoms with Crippen LogP contribution in [0.25, 0.3) is 0 Å². The van der Waals surface area contributed by atoms with Crippen molar-refractivity contribution in [3.05, 3.63) is 34.4 Å². The third kappa shape index (κ3) is 2.70. The summed E-state index contributed by atoms with van der Waals surface area (Å²) in [6.45, 7) is 3.16. The van der Waals surface area contributed by atoms with Crippen LogP contribution < -0.4 is 0 Å². The number of hydrogen-bond donors (Lipinski definition) is 2. The van der Waals surface area contributed by atoms with Gasteiger partial charge in [0.25, 0.3) is 0 Å². The van der Waals surface area contributed by atoms with E-state index in [0.29, 0.717) is 11.1 Å². The van der Waals surface area contributed by atoms with Gasteiger partial charge in [-0.1, -0.05) is 0 Å². The molecule has 0 saturated carbocycles. The number of carboxylic acid groups (broad SMARTS) is 2. The average molecular weight is 231 g/mol. The third-order valence-electron chi connectivity index (χ3n) is 2.03. The largest absolute Gasteiger partial charge is 0.478 e. The van der Waals surface area contributed by atoms with E-state index >= 15 is 0 Å². The van der Waals surface area contributed by atoms with Crippen molar-refractivity contribution < 1.29 is 19.8 Å². The van der Waals surface area contributed by atoms with E-state index in [-0.39, 0.29) is 23.5 Å². The minimum atomic E-state index is -1.04. The molecule has 0 saturated heterocycles. The number of halogens is 1. The van der Waals surface area contributed by atoms with Crippen LogP contribution in [0, 0.1) is 13.8 Å². The highest BCUT2D eigenvalue weighted by molar-refractivity contribution is 5.94. The predicted molar refractivity (Wildman–Crippen MR) is 57.1 cm³/mol. The molecular weight excluding hydrogens is 220 g/mol. The molecule has 1 rings (SSSR count). The standard InChI is InChI=1S/C10H10O4.ClH/c1-5-3-8(10(13)14)6(2)4-7(5)9(11)12;/h3-4H,1-2H3,(H,11,12)(H,13,14);1H. The maximum atomic E-state index is 10.7. The molecule has 0 unspecified atom stereocenters. The van der Waals surface area contributed by atoms with Gasteiger partial charge in [-0.15, -0.1) is 12.4 Å². The highest BCUT2D eigenvalue weighted by atomic mass is 35.5. The van der Waals surface area contributed by atoms with Crippen molar-refractivity contribution in [2.24, 2.45) is 0 Å². The number of aromatic carboxylic acids is 2. The van der Waals surface area contributed by atoms with E-state index in [0.717, 1.165) is 0 Å². The Labute approximate surface area is 93.0 Å². The van der Waals surface area contributed by atoms with Crippen LogP contribution in [-0.2, 0) is 0 Å². The third-order valence-corrected chi connectivity index (χ3v) is 2.03. The molecule has 0 spiro atoms. The van der Waals surface area contributed by atoms with Crippen LogP contribution in [0.3, 0.4) is 0 Å². The summed E-state index contributed by atoms with van der Waals surface area (Å²) in [5.41, 5.74) is 1.21. The highest BCUT2D eigenvalue weighted by Crippen LogP contribution is 2.16. The van der Waals surface area contributed by atoms with Gasteiger partial charge < -0.3 is 10.2 Å². The second-order valence-corrected chi connectivity index (χ2v) is 3.09. The summed E-state index contributed by atoms with van der Waals surface area (Å²) in [4.78, 5) is 21.4. The molecule has 1 aromatic rings. The number of aryl methyl sites for hydroxylation is 2. The SMILES string of the molecule is Cc1cc(C(=O)O)c(C)cc1C(=O)O.Cl. The zero-order valence-electron chi connectivity index (χ0n) is 8.27. The fourth-order valence-corrected chi connectivity index (χ4v) is 1.28. The van der Waals surface area contributed by atoms with Crippen molar-refractivity contribution in [3.63, 3.8) is 0 Å². The van der Waals surface area contributed by atoms with Gasteiger partial charge >= 0.3 is 11.9 Å². The van der Waals surface area contributed by atoms with Crippen LogP contribution in [0.1, 0.15) is 31.8 Å². The topological polar surface area (TPSA) is 74.6 Å². The lowest BCUT2D eigenvalue weighted by Crippen LogP contribution is -2.06. The van der Waals surface area contributed by atoms with Crippen molar-refractivity contribution in [2.75, 3.05) is 0 Å². The summed E-state index contributed by atoms with van der Waals surface area (Å²) >= 11 is 0. The van der Waals surface area contributed by atoms with Gasteiger partial charge in [-0.2, -0.15) is 0 Å². The van der Waals surface area contributed by atoms with Crippen molar-refractivity contribution in [1.29, 1.82) is 0 Å². The Bertz CT molecular complexity index is 372. The van der Waals surface area contributed by atoms with Crippen LogP contribution in [0.5, 0.6) is 0 Å². The highest BCUT2D eigenvalue weighted by Gasteiger charge is 2.13. The second kappa shape index (κ2) is 4.79. The zero-order valence-corrected chi connectivity index (χ0v) is 9.09. The van der Waals surface area contributed by atoms with E-state index in [1.807, 2.05) is 0 Å². The summed E-state index contributed by atoms with van der Waals surface area (Å²) in [5, 5.41) is 17.5. The Morgan fingerprint density at radius 2 is 1.20 bits per heavy atom. The maximum Gasteiger partial charge on any atom is 0.335 e. The van der Waals surface area contributed by atoms with Gasteiger partial charge in [0.1, 0.15) is 0 Å². The molecule has 0 aliphatic rings. The average Bonchev–Trinajstić information content (AvgIpc) is 2.07. The molecule has 4 nitrogen and oxygen atoms in total. The van der Waals surface area contributed by atoms with Crippen LogP contribution in [-0.4, -0.2) is 22.2 Å². The van der Waals surface area contributed by atoms with E-state index in [2.05, 4.69) is 0 Å². The first-order chi connectivity index (χ1) is 6.43. The first-order valence-electron chi connectivity index (χ1n) is 4.01. The molecule has 0 amide bonds. The Hall–Kier alpha value is -1.55. The van der Waals surface area contributed by atoms with Gasteiger partial charge in [0, 0.05) is 0 Å². The molecular formula is C10H11ClO4. The smallest absolute Gasteiger partial charge is 0.335 e. The van der Waals surface area contributed by atoms with Gasteiger partial charge in [0.15, 0.2) is 0 Å². The normalized spacial score (nSPS) is 9.20. The summed E-state index contributed by atoms with van der Waals surface area (Å²) in [6.07, 6.45) is 0. The lowest BCUT2D eigenvalue weighted by molar-refractivity contribution is 0.0679. The van der Waals surface area contributed by atoms with Crippen LogP contribution in [0.4, 0.5) is 0 Å². The molecule has 0 aromatic heterocycles. The lowest BCUT2D eigenvalue weighted by atomic mass is 10.0. The first-order valence-corrected chi connectivity index (χ1v) is 4.01. The number of carboxylic acids is 2. The Balaban J connectivity index is 0.00000196. The number of benzene rings is 1. The van der Waals surface area contributed by atoms with E-state index in [4.69, 9.17) is 10.2 Å². The molecule has 0 aliphatic heterocycles. The monoisotopic (exact) mass is 230 g/mol. The van der Waals surface area contributed by atoms with Gasteiger partial charge in [-0.05, 0) is 37.1 Å². The zero-order chi connectivity index (χ0) is 10.9. The molecule has 0 bridgehead atoms. The van der Waals surface area contributed by atoms with Crippen LogP contribution in [0.2, 0.25) is 0 Å². The van der Waals surface area contributed by atoms with Gasteiger partial charge in [0.05, 0.1) is 11.1 Å². The van der Waals surface area contributed by atoms with Gasteiger partial charge in [-0.3, -0.25) is 0 Å². The maximum absolute atomic E-state index is 10.7. The summed E-state index contributed by atoms with van der Waals surface area (Å²) in [6, 6.07) is 2.75. The summed E-state index contributed by atoms with van der Waals surface area (Å²) < 4.78 is 0. The van der Waals surface area contributed by atoms with Gasteiger partial charge in [-0.25, -0.2) is 9.59 Å². The van der Waals surface area contributed by atoms with E-state index < -0.39 is 11.9 Å². The molecule has 0 radical (unpaired) electrons. The fraction of sp³-hybridized carbons (Fsp3) is 0.200. The quantitative estimate of drug-likeness (QED) is 0.816. The molecule has 15 heavy (non-hydrogen) atoms. The Morgan fingerprint density at radius 1 is 0.933 bits per heavy atom. The van der Waals surface area contributed by atoms with Gasteiger partial charge in [0.2, 0.25) is 0 Å². The predicted octanol–water partition coefficient (Wildman–Crippen LogP) is 2.12. The Morgan fingerprint density at radius 3 is 1.40 bits per heavy atom. The van der Waals surface area contributed by atoms with Crippen molar-refractivity contribution >= 4 is 24.3 Å². The minimum Gasteiger partial charge on any atom is -0.478 e. The number of rotatable bonds is 2. The van der Waals surface area contributed by atoms with Crippen molar-refractivity contribution in [1.82, 2.24) is 0 Å². The van der Waals surface area contributed by atoms with E-state index in [1.54, 1.807) is 13.8 Å². The first kappa shape index (κ1) is 13.5. The molecule has 2 N–H and O–H groups in total. The molecule has 0 fully saturated rings. The molecule has 0 atom stereocenters. The van der Waals surface area contributed by atoms with E-state index in [9.17, 15) is 9.59 Å². The minimum absolute atomic E-state index is 0. The lowest BCUT2D eigenvalue weighted by Gasteiger charge is -2.05.